The van der Waals surface area contributed by atoms with E-state index in [0.717, 1.165) is 22.9 Å². The summed E-state index contributed by atoms with van der Waals surface area (Å²) in [7, 11) is 2.70. The Kier molecular flexibility index (Phi) is 5.02. The highest BCUT2D eigenvalue weighted by Gasteiger charge is 2.38. The molecule has 0 bridgehead atoms. The monoisotopic (exact) mass is 349 g/mol. The van der Waals surface area contributed by atoms with Crippen molar-refractivity contribution >= 4 is 29.6 Å². The van der Waals surface area contributed by atoms with Crippen LogP contribution >= 0.6 is 23.4 Å². The van der Waals surface area contributed by atoms with Crippen LogP contribution in [-0.4, -0.2) is 23.1 Å². The quantitative estimate of drug-likeness (QED) is 0.612. The van der Waals surface area contributed by atoms with E-state index in [1.165, 1.54) is 18.8 Å². The van der Waals surface area contributed by atoms with Gasteiger partial charge in [0.25, 0.3) is 0 Å². The van der Waals surface area contributed by atoms with Gasteiger partial charge in [-0.25, -0.2) is 0 Å². The van der Waals surface area contributed by atoms with E-state index in [1.54, 1.807) is 24.3 Å². The molecule has 0 N–H and O–H groups in total. The first-order valence-corrected chi connectivity index (χ1v) is 7.16. The molecule has 9 heteroatoms. The average molecular weight is 350 g/mol. The van der Waals surface area contributed by atoms with E-state index < -0.39 is 11.9 Å². The lowest BCUT2D eigenvalue weighted by Crippen LogP contribution is -2.09. The molecule has 0 saturated heterocycles. The minimum Gasteiger partial charge on any atom is -0.399 e. The van der Waals surface area contributed by atoms with Gasteiger partial charge in [0.1, 0.15) is 12.1 Å². The van der Waals surface area contributed by atoms with Crippen LogP contribution in [0.2, 0.25) is 5.02 Å². The number of oxime groups is 1. The SMILES string of the molecule is CO/N=C/c1c(C(F)(F)F)nn(C)c1Sc1ccc(Cl)cc1. The maximum Gasteiger partial charge on any atom is 0.435 e. The molecule has 4 nitrogen and oxygen atoms in total. The van der Waals surface area contributed by atoms with Gasteiger partial charge in [-0.05, 0) is 24.3 Å². The van der Waals surface area contributed by atoms with Crippen molar-refractivity contribution in [2.45, 2.75) is 16.1 Å². The summed E-state index contributed by atoms with van der Waals surface area (Å²) in [4.78, 5) is 5.21. The van der Waals surface area contributed by atoms with Crippen molar-refractivity contribution in [1.82, 2.24) is 9.78 Å². The maximum absolute atomic E-state index is 13.1. The van der Waals surface area contributed by atoms with Crippen LogP contribution in [0.5, 0.6) is 0 Å². The molecule has 0 fully saturated rings. The van der Waals surface area contributed by atoms with Gasteiger partial charge in [-0.1, -0.05) is 28.5 Å². The topological polar surface area (TPSA) is 39.4 Å². The summed E-state index contributed by atoms with van der Waals surface area (Å²) in [5.74, 6) is 0. The fourth-order valence-corrected chi connectivity index (χ4v) is 2.75. The smallest absolute Gasteiger partial charge is 0.399 e. The lowest BCUT2D eigenvalue weighted by molar-refractivity contribution is -0.141. The second-order valence-corrected chi connectivity index (χ2v) is 5.66. The van der Waals surface area contributed by atoms with Crippen LogP contribution < -0.4 is 0 Å². The van der Waals surface area contributed by atoms with E-state index in [0.29, 0.717) is 10.0 Å². The first-order chi connectivity index (χ1) is 10.3. The van der Waals surface area contributed by atoms with Crippen molar-refractivity contribution in [3.63, 3.8) is 0 Å². The number of rotatable bonds is 4. The van der Waals surface area contributed by atoms with E-state index in [4.69, 9.17) is 11.6 Å². The summed E-state index contributed by atoms with van der Waals surface area (Å²) >= 11 is 6.93. The molecule has 0 amide bonds. The van der Waals surface area contributed by atoms with Crippen molar-refractivity contribution in [1.29, 1.82) is 0 Å². The number of hydrogen-bond acceptors (Lipinski definition) is 4. The number of hydrogen-bond donors (Lipinski definition) is 0. The molecular formula is C13H11ClF3N3OS. The van der Waals surface area contributed by atoms with Gasteiger partial charge in [0.15, 0.2) is 5.69 Å². The van der Waals surface area contributed by atoms with Crippen LogP contribution in [-0.2, 0) is 18.1 Å². The van der Waals surface area contributed by atoms with Gasteiger partial charge in [0.05, 0.1) is 11.8 Å². The van der Waals surface area contributed by atoms with Crippen molar-refractivity contribution in [3.05, 3.63) is 40.5 Å². The highest BCUT2D eigenvalue weighted by atomic mass is 35.5. The summed E-state index contributed by atoms with van der Waals surface area (Å²) < 4.78 is 40.3. The summed E-state index contributed by atoms with van der Waals surface area (Å²) in [6.07, 6.45) is -3.57. The fraction of sp³-hybridized carbons (Fsp3) is 0.231. The molecule has 2 aromatic rings. The summed E-state index contributed by atoms with van der Waals surface area (Å²) in [6.45, 7) is 0. The minimum absolute atomic E-state index is 0.142. The predicted octanol–water partition coefficient (Wildman–Crippen LogP) is 4.22. The summed E-state index contributed by atoms with van der Waals surface area (Å²) in [5, 5.41) is 7.83. The molecule has 0 saturated carbocycles. The van der Waals surface area contributed by atoms with Crippen LogP contribution in [0.1, 0.15) is 11.3 Å². The van der Waals surface area contributed by atoms with Gasteiger partial charge in [-0.3, -0.25) is 4.68 Å². The zero-order chi connectivity index (χ0) is 16.3. The molecule has 0 unspecified atom stereocenters. The summed E-state index contributed by atoms with van der Waals surface area (Å²) in [6, 6.07) is 6.75. The second-order valence-electron chi connectivity index (χ2n) is 4.16. The number of benzene rings is 1. The zero-order valence-electron chi connectivity index (χ0n) is 11.6. The van der Waals surface area contributed by atoms with Gasteiger partial charge >= 0.3 is 6.18 Å². The molecule has 1 aromatic heterocycles. The predicted molar refractivity (Wildman–Crippen MR) is 78.4 cm³/mol. The molecule has 0 atom stereocenters. The molecule has 0 aliphatic heterocycles. The lowest BCUT2D eigenvalue weighted by Gasteiger charge is -2.05. The van der Waals surface area contributed by atoms with Crippen LogP contribution in [0.25, 0.3) is 0 Å². The zero-order valence-corrected chi connectivity index (χ0v) is 13.1. The van der Waals surface area contributed by atoms with Crippen LogP contribution in [0.15, 0.2) is 39.3 Å². The first-order valence-electron chi connectivity index (χ1n) is 5.97. The van der Waals surface area contributed by atoms with Gasteiger partial charge in [-0.15, -0.1) is 0 Å². The van der Waals surface area contributed by atoms with Gasteiger partial charge in [0, 0.05) is 17.0 Å². The van der Waals surface area contributed by atoms with E-state index in [2.05, 4.69) is 15.1 Å². The van der Waals surface area contributed by atoms with Gasteiger partial charge < -0.3 is 4.84 Å². The third-order valence-electron chi connectivity index (χ3n) is 2.61. The molecule has 22 heavy (non-hydrogen) atoms. The van der Waals surface area contributed by atoms with Crippen molar-refractivity contribution < 1.29 is 18.0 Å². The molecular weight excluding hydrogens is 339 g/mol. The average Bonchev–Trinajstić information content (AvgIpc) is 2.76. The Morgan fingerprint density at radius 1 is 1.32 bits per heavy atom. The lowest BCUT2D eigenvalue weighted by atomic mass is 10.2. The summed E-state index contributed by atoms with van der Waals surface area (Å²) in [5.41, 5.74) is -1.15. The maximum atomic E-state index is 13.1. The minimum atomic E-state index is -4.58. The van der Waals surface area contributed by atoms with Crippen LogP contribution in [0.4, 0.5) is 13.2 Å². The Labute approximate surface area is 133 Å². The number of alkyl halides is 3. The first kappa shape index (κ1) is 16.7. The van der Waals surface area contributed by atoms with E-state index in [9.17, 15) is 13.2 Å². The molecule has 0 aliphatic carbocycles. The number of aromatic nitrogens is 2. The van der Waals surface area contributed by atoms with Gasteiger partial charge in [-0.2, -0.15) is 18.3 Å². The molecule has 2 rings (SSSR count). The number of aryl methyl sites for hydroxylation is 1. The normalized spacial score (nSPS) is 12.1. The molecule has 0 spiro atoms. The Bertz CT molecular complexity index is 683. The molecule has 118 valence electrons. The third kappa shape index (κ3) is 3.75. The van der Waals surface area contributed by atoms with E-state index in [1.807, 2.05) is 0 Å². The van der Waals surface area contributed by atoms with Crippen LogP contribution in [0, 0.1) is 0 Å². The molecule has 1 aromatic carbocycles. The molecule has 0 radical (unpaired) electrons. The second kappa shape index (κ2) is 6.62. The third-order valence-corrected chi connectivity index (χ3v) is 4.05. The Morgan fingerprint density at radius 3 is 2.50 bits per heavy atom. The largest absolute Gasteiger partial charge is 0.435 e. The standard InChI is InChI=1S/C13H11ClF3N3OS/c1-20-12(22-9-5-3-8(14)4-6-9)10(7-18-21-2)11(19-20)13(15,16)17/h3-7H,1-2H3/b18-7+. The highest BCUT2D eigenvalue weighted by molar-refractivity contribution is 7.99. The van der Waals surface area contributed by atoms with E-state index >= 15 is 0 Å². The fourth-order valence-electron chi connectivity index (χ4n) is 1.69. The highest BCUT2D eigenvalue weighted by Crippen LogP contribution is 2.37. The van der Waals surface area contributed by atoms with Gasteiger partial charge in [0.2, 0.25) is 0 Å². The van der Waals surface area contributed by atoms with Crippen LogP contribution in [0.3, 0.4) is 0 Å². The number of nitrogens with zero attached hydrogens (tertiary/aromatic N) is 3. The Balaban J connectivity index is 2.47. The Morgan fingerprint density at radius 2 is 1.95 bits per heavy atom. The van der Waals surface area contributed by atoms with Crippen molar-refractivity contribution in [2.75, 3.05) is 7.11 Å². The van der Waals surface area contributed by atoms with E-state index in [-0.39, 0.29) is 5.56 Å². The van der Waals surface area contributed by atoms with Crippen molar-refractivity contribution in [3.8, 4) is 0 Å². The Hall–Kier alpha value is -1.67. The number of halogens is 4. The molecule has 1 heterocycles. The molecule has 0 aliphatic rings. The van der Waals surface area contributed by atoms with Crippen molar-refractivity contribution in [2.24, 2.45) is 12.2 Å².